The van der Waals surface area contributed by atoms with Crippen molar-refractivity contribution in [2.75, 3.05) is 31.1 Å². The minimum atomic E-state index is 0.00683. The third-order valence-corrected chi connectivity index (χ3v) is 6.03. The van der Waals surface area contributed by atoms with Gasteiger partial charge in [0.2, 0.25) is 0 Å². The number of piperazine rings is 1. The fraction of sp³-hybridized carbons (Fsp3) is 0.250. The maximum Gasteiger partial charge on any atom is 0.272 e. The van der Waals surface area contributed by atoms with Crippen molar-refractivity contribution in [2.24, 2.45) is 7.05 Å². The van der Waals surface area contributed by atoms with E-state index >= 15 is 0 Å². The summed E-state index contributed by atoms with van der Waals surface area (Å²) in [6, 6.07) is 9.65. The second kappa shape index (κ2) is 7.71. The van der Waals surface area contributed by atoms with E-state index < -0.39 is 0 Å². The Morgan fingerprint density at radius 1 is 1.07 bits per heavy atom. The lowest BCUT2D eigenvalue weighted by atomic mass is 10.2. The Bertz CT molecular complexity index is 1140. The fourth-order valence-electron chi connectivity index (χ4n) is 3.55. The summed E-state index contributed by atoms with van der Waals surface area (Å²) in [5.41, 5.74) is 1.44. The van der Waals surface area contributed by atoms with Crippen LogP contribution in [0.1, 0.15) is 10.5 Å². The predicted molar refractivity (Wildman–Crippen MR) is 114 cm³/mol. The molecule has 30 heavy (non-hydrogen) atoms. The second-order valence-corrected chi connectivity index (χ2v) is 7.93. The van der Waals surface area contributed by atoms with E-state index in [1.165, 1.54) is 0 Å². The average Bonchev–Trinajstić information content (AvgIpc) is 3.55. The third kappa shape index (κ3) is 3.45. The van der Waals surface area contributed by atoms with Crippen LogP contribution in [0.2, 0.25) is 0 Å². The summed E-state index contributed by atoms with van der Waals surface area (Å²) in [5, 5.41) is 10.7. The van der Waals surface area contributed by atoms with Crippen LogP contribution in [-0.4, -0.2) is 66.5 Å². The zero-order valence-corrected chi connectivity index (χ0v) is 17.2. The first-order valence-electron chi connectivity index (χ1n) is 9.63. The van der Waals surface area contributed by atoms with Gasteiger partial charge in [0.05, 0.1) is 4.88 Å². The molecule has 5 heterocycles. The molecule has 1 aliphatic heterocycles. The largest absolute Gasteiger partial charge is 0.353 e. The molecule has 4 aromatic heterocycles. The highest BCUT2D eigenvalue weighted by Crippen LogP contribution is 2.25. The van der Waals surface area contributed by atoms with Crippen molar-refractivity contribution in [3.05, 3.63) is 60.1 Å². The fourth-order valence-corrected chi connectivity index (χ4v) is 4.23. The Kier molecular flexibility index (Phi) is 4.75. The van der Waals surface area contributed by atoms with Gasteiger partial charge in [-0.05, 0) is 23.6 Å². The van der Waals surface area contributed by atoms with Gasteiger partial charge in [-0.3, -0.25) is 9.48 Å². The number of amides is 1. The van der Waals surface area contributed by atoms with E-state index in [1.807, 2.05) is 53.9 Å². The standard InChI is InChI=1S/C20H20N8OS/c1-25-16(12-15(24-25)17-4-2-11-30-17)20(29)27-9-7-26(8-10-27)18-13-19(22-14-21-18)28-6-3-5-23-28/h2-6,11-14H,7-10H2,1H3. The number of aryl methyl sites for hydroxylation is 1. The van der Waals surface area contributed by atoms with Crippen LogP contribution in [0.4, 0.5) is 5.82 Å². The summed E-state index contributed by atoms with van der Waals surface area (Å²) < 4.78 is 3.38. The average molecular weight is 421 g/mol. The molecule has 1 amide bonds. The third-order valence-electron chi connectivity index (χ3n) is 5.14. The predicted octanol–water partition coefficient (Wildman–Crippen LogP) is 2.09. The maximum absolute atomic E-state index is 13.1. The Labute approximate surface area is 177 Å². The van der Waals surface area contributed by atoms with Crippen molar-refractivity contribution in [1.29, 1.82) is 0 Å². The number of aromatic nitrogens is 6. The number of rotatable bonds is 4. The molecular formula is C20H20N8OS. The monoisotopic (exact) mass is 420 g/mol. The lowest BCUT2D eigenvalue weighted by Crippen LogP contribution is -2.49. The Balaban J connectivity index is 1.27. The molecule has 0 spiro atoms. The summed E-state index contributed by atoms with van der Waals surface area (Å²) in [6.45, 7) is 2.66. The Morgan fingerprint density at radius 2 is 1.90 bits per heavy atom. The molecule has 1 aliphatic rings. The van der Waals surface area contributed by atoms with Crippen molar-refractivity contribution in [2.45, 2.75) is 0 Å². The second-order valence-electron chi connectivity index (χ2n) is 6.98. The smallest absolute Gasteiger partial charge is 0.272 e. The molecule has 0 aromatic carbocycles. The molecule has 0 atom stereocenters. The van der Waals surface area contributed by atoms with Gasteiger partial charge in [-0.2, -0.15) is 10.2 Å². The summed E-state index contributed by atoms with van der Waals surface area (Å²) >= 11 is 1.62. The van der Waals surface area contributed by atoms with Crippen molar-refractivity contribution < 1.29 is 4.79 Å². The highest BCUT2D eigenvalue weighted by atomic mass is 32.1. The molecule has 5 rings (SSSR count). The van der Waals surface area contributed by atoms with Crippen LogP contribution in [-0.2, 0) is 7.05 Å². The van der Waals surface area contributed by atoms with E-state index in [2.05, 4.69) is 25.1 Å². The van der Waals surface area contributed by atoms with Crippen LogP contribution < -0.4 is 4.90 Å². The molecule has 0 saturated carbocycles. The molecule has 152 valence electrons. The molecule has 9 nitrogen and oxygen atoms in total. The summed E-state index contributed by atoms with van der Waals surface area (Å²) in [5.74, 6) is 1.56. The zero-order valence-electron chi connectivity index (χ0n) is 16.4. The Morgan fingerprint density at radius 3 is 2.63 bits per heavy atom. The minimum absolute atomic E-state index is 0.00683. The number of nitrogens with zero attached hydrogens (tertiary/aromatic N) is 8. The first kappa shape index (κ1) is 18.5. The van der Waals surface area contributed by atoms with Crippen molar-refractivity contribution in [3.8, 4) is 16.4 Å². The molecular weight excluding hydrogens is 400 g/mol. The number of carbonyl (C=O) groups excluding carboxylic acids is 1. The van der Waals surface area contributed by atoms with Gasteiger partial charge in [-0.15, -0.1) is 11.3 Å². The molecule has 0 aliphatic carbocycles. The van der Waals surface area contributed by atoms with E-state index in [4.69, 9.17) is 0 Å². The number of thiophene rings is 1. The van der Waals surface area contributed by atoms with Gasteiger partial charge in [0.25, 0.3) is 5.91 Å². The van der Waals surface area contributed by atoms with E-state index in [0.29, 0.717) is 31.9 Å². The van der Waals surface area contributed by atoms with Gasteiger partial charge in [-0.25, -0.2) is 14.6 Å². The van der Waals surface area contributed by atoms with Gasteiger partial charge < -0.3 is 9.80 Å². The van der Waals surface area contributed by atoms with Gasteiger partial charge in [0, 0.05) is 51.7 Å². The van der Waals surface area contributed by atoms with Crippen molar-refractivity contribution in [3.63, 3.8) is 0 Å². The molecule has 10 heteroatoms. The van der Waals surface area contributed by atoms with Crippen LogP contribution >= 0.6 is 11.3 Å². The maximum atomic E-state index is 13.1. The minimum Gasteiger partial charge on any atom is -0.353 e. The molecule has 0 radical (unpaired) electrons. The Hall–Kier alpha value is -3.53. The molecule has 1 saturated heterocycles. The highest BCUT2D eigenvalue weighted by molar-refractivity contribution is 7.13. The first-order valence-corrected chi connectivity index (χ1v) is 10.5. The van der Waals surface area contributed by atoms with Crippen molar-refractivity contribution in [1.82, 2.24) is 34.4 Å². The van der Waals surface area contributed by atoms with Crippen molar-refractivity contribution >= 4 is 23.1 Å². The van der Waals surface area contributed by atoms with Gasteiger partial charge in [0.1, 0.15) is 23.5 Å². The van der Waals surface area contributed by atoms with Crippen LogP contribution in [0.15, 0.2) is 54.4 Å². The lowest BCUT2D eigenvalue weighted by Gasteiger charge is -2.35. The van der Waals surface area contributed by atoms with Crippen LogP contribution in [0.25, 0.3) is 16.4 Å². The van der Waals surface area contributed by atoms with Crippen LogP contribution in [0, 0.1) is 0 Å². The summed E-state index contributed by atoms with van der Waals surface area (Å²) in [4.78, 5) is 26.9. The van der Waals surface area contributed by atoms with E-state index in [1.54, 1.807) is 33.2 Å². The number of carbonyl (C=O) groups is 1. The molecule has 0 N–H and O–H groups in total. The van der Waals surface area contributed by atoms with Crippen LogP contribution in [0.5, 0.6) is 0 Å². The topological polar surface area (TPSA) is 85.0 Å². The number of anilines is 1. The van der Waals surface area contributed by atoms with E-state index in [-0.39, 0.29) is 5.91 Å². The first-order chi connectivity index (χ1) is 14.7. The summed E-state index contributed by atoms with van der Waals surface area (Å²) in [7, 11) is 1.82. The van der Waals surface area contributed by atoms with E-state index in [9.17, 15) is 4.79 Å². The lowest BCUT2D eigenvalue weighted by molar-refractivity contribution is 0.0735. The SMILES string of the molecule is Cn1nc(-c2cccs2)cc1C(=O)N1CCN(c2cc(-n3cccn3)ncn2)CC1. The van der Waals surface area contributed by atoms with Gasteiger partial charge in [0.15, 0.2) is 5.82 Å². The zero-order chi connectivity index (χ0) is 20.5. The normalized spacial score (nSPS) is 14.3. The highest BCUT2D eigenvalue weighted by Gasteiger charge is 2.26. The molecule has 0 unspecified atom stereocenters. The quantitative estimate of drug-likeness (QED) is 0.503. The van der Waals surface area contributed by atoms with Crippen LogP contribution in [0.3, 0.4) is 0 Å². The molecule has 0 bridgehead atoms. The van der Waals surface area contributed by atoms with Gasteiger partial charge >= 0.3 is 0 Å². The molecule has 4 aromatic rings. The number of hydrogen-bond acceptors (Lipinski definition) is 7. The van der Waals surface area contributed by atoms with Gasteiger partial charge in [-0.1, -0.05) is 6.07 Å². The van der Waals surface area contributed by atoms with E-state index in [0.717, 1.165) is 22.2 Å². The summed E-state index contributed by atoms with van der Waals surface area (Å²) in [6.07, 6.45) is 5.11. The molecule has 1 fully saturated rings. The number of hydrogen-bond donors (Lipinski definition) is 0.